The number of benzene rings is 1. The number of nitrogens with zero attached hydrogens (tertiary/aromatic N) is 1. The molecule has 2 saturated carbocycles. The fraction of sp³-hybridized carbons (Fsp3) is 0.657. The third-order valence-electron chi connectivity index (χ3n) is 10.4. The van der Waals surface area contributed by atoms with E-state index in [9.17, 15) is 37.5 Å². The number of amides is 5. The highest BCUT2D eigenvalue weighted by atomic mass is 32.2. The van der Waals surface area contributed by atoms with Crippen LogP contribution in [-0.2, 0) is 34.0 Å². The second-order valence-corrected chi connectivity index (χ2v) is 16.3. The minimum absolute atomic E-state index is 0.0116. The molecule has 5 amide bonds. The van der Waals surface area contributed by atoms with Gasteiger partial charge in [-0.25, -0.2) is 12.7 Å². The minimum Gasteiger partial charge on any atom is -0.380 e. The van der Waals surface area contributed by atoms with E-state index in [-0.39, 0.29) is 55.2 Å². The van der Waals surface area contributed by atoms with Crippen molar-refractivity contribution in [2.75, 3.05) is 26.2 Å². The molecule has 1 saturated heterocycles. The molecular weight excluding hydrogens is 664 g/mol. The Kier molecular flexibility index (Phi) is 13.1. The first-order chi connectivity index (χ1) is 23.6. The maximum atomic E-state index is 14.2. The Morgan fingerprint density at radius 1 is 0.960 bits per heavy atom. The topological polar surface area (TPSA) is 231 Å². The summed E-state index contributed by atoms with van der Waals surface area (Å²) >= 11 is 0. The number of unbranched alkanes of at least 4 members (excludes halogenated alkanes) is 1. The van der Waals surface area contributed by atoms with Crippen molar-refractivity contribution < 1.29 is 37.5 Å². The highest BCUT2D eigenvalue weighted by molar-refractivity contribution is 7.89. The number of hydrogen-bond acceptors (Lipinski definition) is 9. The molecule has 3 aliphatic rings. The van der Waals surface area contributed by atoms with E-state index < -0.39 is 63.0 Å². The number of sulfonamides is 1. The first-order valence-corrected chi connectivity index (χ1v) is 19.1. The Morgan fingerprint density at radius 3 is 2.22 bits per heavy atom. The smallest absolute Gasteiger partial charge is 0.266 e. The predicted molar refractivity (Wildman–Crippen MR) is 185 cm³/mol. The van der Waals surface area contributed by atoms with E-state index >= 15 is 0 Å². The molecule has 14 nitrogen and oxygen atoms in total. The summed E-state index contributed by atoms with van der Waals surface area (Å²) in [6.45, 7) is 3.18. The molecule has 4 atom stereocenters. The lowest BCUT2D eigenvalue weighted by atomic mass is 9.84. The van der Waals surface area contributed by atoms with Crippen LogP contribution in [0.25, 0.3) is 0 Å². The summed E-state index contributed by atoms with van der Waals surface area (Å²) in [4.78, 5) is 64.8. The van der Waals surface area contributed by atoms with E-state index in [1.54, 1.807) is 25.5 Å². The molecule has 277 valence electrons. The quantitative estimate of drug-likeness (QED) is 0.118. The van der Waals surface area contributed by atoms with Gasteiger partial charge >= 0.3 is 0 Å². The number of aliphatic hydroxyl groups is 1. The van der Waals surface area contributed by atoms with Gasteiger partial charge < -0.3 is 32.5 Å². The summed E-state index contributed by atoms with van der Waals surface area (Å²) in [5.41, 5.74) is 8.80. The molecule has 1 aromatic rings. The van der Waals surface area contributed by atoms with Gasteiger partial charge in [0.15, 0.2) is 0 Å². The Morgan fingerprint density at radius 2 is 1.62 bits per heavy atom. The summed E-state index contributed by atoms with van der Waals surface area (Å²) in [6.07, 6.45) is 8.44. The third-order valence-corrected chi connectivity index (χ3v) is 12.3. The lowest BCUT2D eigenvalue weighted by molar-refractivity contribution is -0.139. The molecule has 0 bridgehead atoms. The van der Waals surface area contributed by atoms with Gasteiger partial charge in [0.2, 0.25) is 29.5 Å². The Balaban J connectivity index is 1.48. The third kappa shape index (κ3) is 9.60. The van der Waals surface area contributed by atoms with Gasteiger partial charge in [-0.15, -0.1) is 0 Å². The van der Waals surface area contributed by atoms with E-state index in [1.807, 2.05) is 0 Å². The molecule has 0 aromatic heterocycles. The first-order valence-electron chi connectivity index (χ1n) is 17.7. The molecule has 1 radical (unpaired) electrons. The molecule has 1 aromatic carbocycles. The van der Waals surface area contributed by atoms with Crippen LogP contribution in [0.2, 0.25) is 0 Å². The Hall–Kier alpha value is -3.56. The van der Waals surface area contributed by atoms with Crippen molar-refractivity contribution in [3.63, 3.8) is 0 Å². The van der Waals surface area contributed by atoms with E-state index in [0.717, 1.165) is 50.5 Å². The summed E-state index contributed by atoms with van der Waals surface area (Å²) in [5.74, 6) is -4.42. The fourth-order valence-corrected chi connectivity index (χ4v) is 8.57. The molecule has 8 N–H and O–H groups in total. The lowest BCUT2D eigenvalue weighted by Crippen LogP contribution is -2.54. The van der Waals surface area contributed by atoms with Crippen LogP contribution < -0.4 is 27.4 Å². The van der Waals surface area contributed by atoms with Gasteiger partial charge in [-0.1, -0.05) is 37.0 Å². The molecule has 50 heavy (non-hydrogen) atoms. The van der Waals surface area contributed by atoms with Crippen LogP contribution in [-0.4, -0.2) is 85.2 Å². The molecule has 15 heteroatoms. The maximum Gasteiger partial charge on any atom is 0.266 e. The molecule has 1 heterocycles. The second-order valence-electron chi connectivity index (χ2n) is 14.5. The van der Waals surface area contributed by atoms with Gasteiger partial charge in [0.1, 0.15) is 5.60 Å². The van der Waals surface area contributed by atoms with Crippen molar-refractivity contribution in [3.05, 3.63) is 36.2 Å². The number of rotatable bonds is 18. The average molecular weight is 718 g/mol. The van der Waals surface area contributed by atoms with Crippen molar-refractivity contribution in [3.8, 4) is 0 Å². The largest absolute Gasteiger partial charge is 0.380 e. The molecule has 4 rings (SSSR count). The number of primary amides is 2. The Labute approximate surface area is 294 Å². The van der Waals surface area contributed by atoms with E-state index in [0.29, 0.717) is 17.1 Å². The molecule has 4 unspecified atom stereocenters. The highest BCUT2D eigenvalue weighted by Crippen LogP contribution is 2.42. The zero-order valence-electron chi connectivity index (χ0n) is 29.1. The van der Waals surface area contributed by atoms with Gasteiger partial charge in [-0.2, -0.15) is 0 Å². The van der Waals surface area contributed by atoms with Crippen molar-refractivity contribution in [1.29, 1.82) is 0 Å². The van der Waals surface area contributed by atoms with Gasteiger partial charge in [0.05, 0.1) is 28.7 Å². The van der Waals surface area contributed by atoms with Crippen LogP contribution in [0, 0.1) is 36.5 Å². The van der Waals surface area contributed by atoms with Gasteiger partial charge in [-0.3, -0.25) is 24.0 Å². The van der Waals surface area contributed by atoms with Crippen LogP contribution in [0.4, 0.5) is 0 Å². The number of aryl methyl sites for hydroxylation is 1. The van der Waals surface area contributed by atoms with E-state index in [4.69, 9.17) is 11.5 Å². The number of carbonyl (C=O) groups excluding carboxylic acids is 5. The predicted octanol–water partition coefficient (Wildman–Crippen LogP) is 0.796. The van der Waals surface area contributed by atoms with Crippen molar-refractivity contribution in [1.82, 2.24) is 20.3 Å². The molecular formula is C35H53N6O8S. The van der Waals surface area contributed by atoms with E-state index in [2.05, 4.69) is 16.0 Å². The van der Waals surface area contributed by atoms with Crippen LogP contribution in [0.3, 0.4) is 0 Å². The normalized spacial score (nSPS) is 22.1. The average Bonchev–Trinajstić information content (AvgIpc) is 3.82. The fourth-order valence-electron chi connectivity index (χ4n) is 6.96. The van der Waals surface area contributed by atoms with Crippen LogP contribution >= 0.6 is 0 Å². The van der Waals surface area contributed by atoms with Gasteiger partial charge in [0.25, 0.3) is 10.0 Å². The molecule has 2 aliphatic carbocycles. The Bertz CT molecular complexity index is 1510. The van der Waals surface area contributed by atoms with Crippen LogP contribution in [0.15, 0.2) is 29.2 Å². The standard InChI is InChI=1S/C35H53N6O8S/c1-23-10-14-26(15-11-23)50(48,49)41(30(43)19-34(2,32(36)45)22-40-29(42)18-24-8-4-3-5-9-24)28-21-38-20-27(28)31(44)39-17-7-6-16-35(47,33(37)46)25-12-13-25/h10-11,14-15,18,24-25,27-28,38,47H,3-9,12-13,16-17,19-22H2,1-2H3,(H2,36,45)(H2,37,46)(H,39,44)(H,40,42). The highest BCUT2D eigenvalue weighted by Gasteiger charge is 2.49. The summed E-state index contributed by atoms with van der Waals surface area (Å²) < 4.78 is 29.1. The zero-order chi connectivity index (χ0) is 36.7. The minimum atomic E-state index is -4.52. The van der Waals surface area contributed by atoms with Crippen LogP contribution in [0.1, 0.15) is 83.1 Å². The van der Waals surface area contributed by atoms with Gasteiger partial charge in [0, 0.05) is 32.6 Å². The van der Waals surface area contributed by atoms with Crippen molar-refractivity contribution >= 4 is 39.6 Å². The summed E-state index contributed by atoms with van der Waals surface area (Å²) in [5, 5.41) is 19.2. The number of carbonyl (C=O) groups is 5. The maximum absolute atomic E-state index is 14.2. The molecule has 0 spiro atoms. The first kappa shape index (κ1) is 39.2. The number of nitrogens with two attached hydrogens (primary N) is 2. The lowest BCUT2D eigenvalue weighted by Gasteiger charge is -2.34. The van der Waals surface area contributed by atoms with E-state index in [1.165, 1.54) is 19.1 Å². The monoisotopic (exact) mass is 717 g/mol. The second kappa shape index (κ2) is 16.6. The summed E-state index contributed by atoms with van der Waals surface area (Å²) in [7, 11) is -4.52. The number of nitrogens with one attached hydrogen (secondary N) is 3. The van der Waals surface area contributed by atoms with Gasteiger partial charge in [-0.05, 0) is 82.8 Å². The summed E-state index contributed by atoms with van der Waals surface area (Å²) in [6, 6.07) is 4.83. The van der Waals surface area contributed by atoms with Crippen LogP contribution in [0.5, 0.6) is 0 Å². The molecule has 1 aliphatic heterocycles. The zero-order valence-corrected chi connectivity index (χ0v) is 29.9. The number of hydrogen-bond donors (Lipinski definition) is 6. The van der Waals surface area contributed by atoms with Crippen molar-refractivity contribution in [2.45, 2.75) is 101 Å². The van der Waals surface area contributed by atoms with Crippen molar-refractivity contribution in [2.24, 2.45) is 34.6 Å². The molecule has 3 fully saturated rings. The SMILES string of the molecule is Cc1ccc(S(=O)(=O)N(C(=O)CC(C)(CNC(=O)[CH]C2CCCCC2)C(N)=O)C2CNCC2C(=O)NCCCCC(O)(C(N)=O)C2CC2)cc1.